The Kier molecular flexibility index (Phi) is 5.97. The molecular weight excluding hydrogens is 412 g/mol. The Bertz CT molecular complexity index is 1090. The predicted octanol–water partition coefficient (Wildman–Crippen LogP) is 1.66. The lowest BCUT2D eigenvalue weighted by atomic mass is 9.95. The van der Waals surface area contributed by atoms with Gasteiger partial charge in [-0.1, -0.05) is 12.1 Å². The lowest BCUT2D eigenvalue weighted by molar-refractivity contribution is -0.136. The van der Waals surface area contributed by atoms with E-state index in [2.05, 4.69) is 10.6 Å². The second kappa shape index (κ2) is 8.46. The molecule has 1 unspecified atom stereocenters. The minimum Gasteiger partial charge on any atom is -0.508 e. The van der Waals surface area contributed by atoms with Gasteiger partial charge in [-0.05, 0) is 42.0 Å². The number of urea groups is 1. The van der Waals surface area contributed by atoms with Crippen LogP contribution < -0.4 is 15.4 Å². The molecule has 0 saturated heterocycles. The van der Waals surface area contributed by atoms with Crippen molar-refractivity contribution in [3.63, 3.8) is 0 Å². The molecule has 0 radical (unpaired) electrons. The predicted molar refractivity (Wildman–Crippen MR) is 107 cm³/mol. The number of sulfone groups is 1. The average Bonchev–Trinajstić information content (AvgIpc) is 2.73. The zero-order chi connectivity index (χ0) is 21.9. The normalized spacial score (nSPS) is 16.5. The van der Waals surface area contributed by atoms with Gasteiger partial charge >= 0.3 is 12.0 Å². The topological polar surface area (TPSA) is 131 Å². The molecule has 1 atom stereocenters. The number of hydrogen-bond acceptors (Lipinski definition) is 7. The summed E-state index contributed by atoms with van der Waals surface area (Å²) in [6, 6.07) is 9.98. The maximum absolute atomic E-state index is 12.9. The van der Waals surface area contributed by atoms with Crippen LogP contribution in [-0.4, -0.2) is 45.5 Å². The Balaban J connectivity index is 2.05. The lowest BCUT2D eigenvalue weighted by Gasteiger charge is -2.29. The number of carbonyl (C=O) groups excluding carboxylic acids is 2. The third kappa shape index (κ3) is 4.38. The number of methoxy groups -OCH3 is 2. The molecule has 9 nitrogen and oxygen atoms in total. The van der Waals surface area contributed by atoms with Gasteiger partial charge in [0.25, 0.3) is 0 Å². The summed E-state index contributed by atoms with van der Waals surface area (Å²) < 4.78 is 35.7. The van der Waals surface area contributed by atoms with Crippen LogP contribution in [0.4, 0.5) is 4.79 Å². The standard InChI is InChI=1S/C20H20N2O7S/c1-28-14-7-9-15(10-8-14)30(26,27)11-16-17(19(24)29-2)18(22-20(25)21-16)12-3-5-13(23)6-4-12/h3-10,18,23H,11H2,1-2H3,(H2,21,22,25). The van der Waals surface area contributed by atoms with Gasteiger partial charge in [0.2, 0.25) is 0 Å². The van der Waals surface area contributed by atoms with Gasteiger partial charge in [-0.15, -0.1) is 0 Å². The van der Waals surface area contributed by atoms with E-state index in [0.29, 0.717) is 11.3 Å². The van der Waals surface area contributed by atoms with Gasteiger partial charge in [-0.25, -0.2) is 18.0 Å². The van der Waals surface area contributed by atoms with Crippen molar-refractivity contribution in [1.29, 1.82) is 0 Å². The molecule has 0 bridgehead atoms. The van der Waals surface area contributed by atoms with Crippen molar-refractivity contribution in [2.45, 2.75) is 10.9 Å². The molecule has 1 aliphatic rings. The third-order valence-electron chi connectivity index (χ3n) is 4.54. The van der Waals surface area contributed by atoms with E-state index in [0.717, 1.165) is 7.11 Å². The zero-order valence-electron chi connectivity index (χ0n) is 16.2. The fourth-order valence-electron chi connectivity index (χ4n) is 3.06. The maximum atomic E-state index is 12.9. The number of aromatic hydroxyl groups is 1. The second-order valence-corrected chi connectivity index (χ2v) is 8.43. The SMILES string of the molecule is COC(=O)C1=C(CS(=O)(=O)c2ccc(OC)cc2)NC(=O)NC1c1ccc(O)cc1. The Morgan fingerprint density at radius 1 is 1.07 bits per heavy atom. The molecule has 10 heteroatoms. The summed E-state index contributed by atoms with van der Waals surface area (Å²) >= 11 is 0. The molecule has 0 saturated carbocycles. The van der Waals surface area contributed by atoms with E-state index in [1.54, 1.807) is 0 Å². The molecule has 3 rings (SSSR count). The number of phenolic OH excluding ortho intramolecular Hbond substituents is 1. The largest absolute Gasteiger partial charge is 0.508 e. The number of hydrogen-bond donors (Lipinski definition) is 3. The molecule has 2 amide bonds. The van der Waals surface area contributed by atoms with Crippen molar-refractivity contribution >= 4 is 21.8 Å². The van der Waals surface area contributed by atoms with E-state index in [1.165, 1.54) is 55.6 Å². The first-order valence-corrected chi connectivity index (χ1v) is 10.4. The number of carbonyl (C=O) groups is 2. The van der Waals surface area contributed by atoms with Crippen LogP contribution in [-0.2, 0) is 19.4 Å². The van der Waals surface area contributed by atoms with Gasteiger partial charge in [0.15, 0.2) is 9.84 Å². The van der Waals surface area contributed by atoms with Gasteiger partial charge in [0.1, 0.15) is 11.5 Å². The Morgan fingerprint density at radius 2 is 1.70 bits per heavy atom. The summed E-state index contributed by atoms with van der Waals surface area (Å²) in [5.74, 6) is -0.914. The lowest BCUT2D eigenvalue weighted by Crippen LogP contribution is -2.47. The molecule has 1 aliphatic heterocycles. The van der Waals surface area contributed by atoms with Crippen LogP contribution >= 0.6 is 0 Å². The number of benzene rings is 2. The van der Waals surface area contributed by atoms with Crippen LogP contribution in [0, 0.1) is 0 Å². The number of nitrogens with one attached hydrogen (secondary N) is 2. The van der Waals surface area contributed by atoms with Crippen molar-refractivity contribution in [3.8, 4) is 11.5 Å². The fourth-order valence-corrected chi connectivity index (χ4v) is 4.38. The van der Waals surface area contributed by atoms with E-state index in [1.807, 2.05) is 0 Å². The zero-order valence-corrected chi connectivity index (χ0v) is 17.0. The van der Waals surface area contributed by atoms with Crippen LogP contribution in [0.2, 0.25) is 0 Å². The minimum absolute atomic E-state index is 0.00455. The highest BCUT2D eigenvalue weighted by Gasteiger charge is 2.35. The Hall–Kier alpha value is -3.53. The van der Waals surface area contributed by atoms with Gasteiger partial charge in [0.05, 0.1) is 36.5 Å². The molecule has 0 aliphatic carbocycles. The number of amides is 2. The van der Waals surface area contributed by atoms with Crippen LogP contribution in [0.3, 0.4) is 0 Å². The summed E-state index contributed by atoms with van der Waals surface area (Å²) in [6.45, 7) is 0. The van der Waals surface area contributed by atoms with Crippen molar-refractivity contribution in [2.24, 2.45) is 0 Å². The first-order chi connectivity index (χ1) is 14.2. The molecule has 0 spiro atoms. The monoisotopic (exact) mass is 432 g/mol. The highest BCUT2D eigenvalue weighted by atomic mass is 32.2. The molecule has 0 fully saturated rings. The maximum Gasteiger partial charge on any atom is 0.338 e. The van der Waals surface area contributed by atoms with Crippen LogP contribution in [0.1, 0.15) is 11.6 Å². The van der Waals surface area contributed by atoms with Crippen molar-refractivity contribution in [3.05, 3.63) is 65.4 Å². The molecular formula is C20H20N2O7S. The Morgan fingerprint density at radius 3 is 2.27 bits per heavy atom. The molecule has 30 heavy (non-hydrogen) atoms. The molecule has 2 aromatic rings. The summed E-state index contributed by atoms with van der Waals surface area (Å²) in [7, 11) is -1.27. The number of esters is 1. The smallest absolute Gasteiger partial charge is 0.338 e. The van der Waals surface area contributed by atoms with E-state index in [4.69, 9.17) is 9.47 Å². The molecule has 158 valence electrons. The molecule has 1 heterocycles. The number of phenols is 1. The quantitative estimate of drug-likeness (QED) is 0.592. The highest BCUT2D eigenvalue weighted by Crippen LogP contribution is 2.30. The summed E-state index contributed by atoms with van der Waals surface area (Å²) in [6.07, 6.45) is 0. The van der Waals surface area contributed by atoms with Gasteiger partial charge in [-0.3, -0.25) is 0 Å². The third-order valence-corrected chi connectivity index (χ3v) is 6.20. The van der Waals surface area contributed by atoms with Crippen molar-refractivity contribution < 1.29 is 32.6 Å². The van der Waals surface area contributed by atoms with Crippen LogP contribution in [0.5, 0.6) is 11.5 Å². The second-order valence-electron chi connectivity index (χ2n) is 6.44. The van der Waals surface area contributed by atoms with E-state index < -0.39 is 33.6 Å². The van der Waals surface area contributed by atoms with Crippen molar-refractivity contribution in [1.82, 2.24) is 10.6 Å². The van der Waals surface area contributed by atoms with Gasteiger partial charge < -0.3 is 25.2 Å². The minimum atomic E-state index is -3.90. The summed E-state index contributed by atoms with van der Waals surface area (Å²) in [5, 5.41) is 14.5. The van der Waals surface area contributed by atoms with E-state index >= 15 is 0 Å². The van der Waals surface area contributed by atoms with E-state index in [9.17, 15) is 23.1 Å². The van der Waals surface area contributed by atoms with E-state index in [-0.39, 0.29) is 21.9 Å². The summed E-state index contributed by atoms with van der Waals surface area (Å²) in [4.78, 5) is 24.7. The molecule has 0 aromatic heterocycles. The number of ether oxygens (including phenoxy) is 2. The first kappa shape index (κ1) is 21.2. The fraction of sp³-hybridized carbons (Fsp3) is 0.200. The Labute approximate surface area is 173 Å². The first-order valence-electron chi connectivity index (χ1n) is 8.80. The average molecular weight is 432 g/mol. The molecule has 2 aromatic carbocycles. The summed E-state index contributed by atoms with van der Waals surface area (Å²) in [5.41, 5.74) is 0.349. The van der Waals surface area contributed by atoms with Gasteiger partial charge in [0, 0.05) is 5.70 Å². The number of rotatable bonds is 6. The van der Waals surface area contributed by atoms with Crippen molar-refractivity contribution in [2.75, 3.05) is 20.0 Å². The van der Waals surface area contributed by atoms with Crippen LogP contribution in [0.25, 0.3) is 0 Å². The van der Waals surface area contributed by atoms with Gasteiger partial charge in [-0.2, -0.15) is 0 Å². The highest BCUT2D eigenvalue weighted by molar-refractivity contribution is 7.91. The van der Waals surface area contributed by atoms with Crippen LogP contribution in [0.15, 0.2) is 64.7 Å². The molecule has 3 N–H and O–H groups in total.